The van der Waals surface area contributed by atoms with Crippen molar-refractivity contribution in [1.29, 1.82) is 0 Å². The third-order valence-electron chi connectivity index (χ3n) is 3.09. The minimum absolute atomic E-state index is 0.164. The number of hydrogen-bond acceptors (Lipinski definition) is 3. The molecule has 1 aliphatic heterocycles. The van der Waals surface area contributed by atoms with Crippen LogP contribution in [0.1, 0.15) is 20.3 Å². The van der Waals surface area contributed by atoms with Crippen molar-refractivity contribution in [3.05, 3.63) is 0 Å². The van der Waals surface area contributed by atoms with Gasteiger partial charge in [-0.15, -0.1) is 0 Å². The van der Waals surface area contributed by atoms with Crippen molar-refractivity contribution in [3.63, 3.8) is 0 Å². The molecule has 0 aromatic heterocycles. The lowest BCUT2D eigenvalue weighted by Gasteiger charge is -2.33. The first-order chi connectivity index (χ1) is 8.26. The quantitative estimate of drug-likeness (QED) is 0.546. The molecule has 1 amide bonds. The van der Waals surface area contributed by atoms with Gasteiger partial charge in [-0.3, -0.25) is 4.79 Å². The number of nitrogens with one attached hydrogen (secondary N) is 1. The minimum atomic E-state index is -0.164. The van der Waals surface area contributed by atoms with Crippen LogP contribution in [0.4, 0.5) is 0 Å². The van der Waals surface area contributed by atoms with Gasteiger partial charge in [0.05, 0.1) is 0 Å². The average Bonchev–Trinajstić information content (AvgIpc) is 2.36. The standard InChI is InChI=1S/C13H23N3O/c1-3-6-13(17)14-7-5-8-16-11-9-15(4-2)10-12-16/h4-5,7-12H2,1-2H3,(H,14,17). The summed E-state index contributed by atoms with van der Waals surface area (Å²) in [6.45, 7) is 11.5. The summed E-state index contributed by atoms with van der Waals surface area (Å²) in [6, 6.07) is 0. The number of piperazine rings is 1. The molecule has 0 saturated carbocycles. The van der Waals surface area contributed by atoms with Crippen molar-refractivity contribution in [2.24, 2.45) is 0 Å². The molecule has 1 N–H and O–H groups in total. The molecule has 1 heterocycles. The lowest BCUT2D eigenvalue weighted by Crippen LogP contribution is -2.46. The molecule has 17 heavy (non-hydrogen) atoms. The Morgan fingerprint density at radius 2 is 1.88 bits per heavy atom. The summed E-state index contributed by atoms with van der Waals surface area (Å²) in [5.74, 6) is 4.90. The Bertz CT molecular complexity index is 285. The van der Waals surface area contributed by atoms with E-state index < -0.39 is 0 Å². The zero-order valence-corrected chi connectivity index (χ0v) is 11.0. The van der Waals surface area contributed by atoms with E-state index in [-0.39, 0.29) is 5.91 Å². The topological polar surface area (TPSA) is 35.6 Å². The number of nitrogens with zero attached hydrogens (tertiary/aromatic N) is 2. The van der Waals surface area contributed by atoms with E-state index >= 15 is 0 Å². The SMILES string of the molecule is CC#CC(=O)NCCCN1CCN(CC)CC1. The van der Waals surface area contributed by atoms with E-state index in [0.717, 1.165) is 39.1 Å². The van der Waals surface area contributed by atoms with Crippen molar-refractivity contribution in [1.82, 2.24) is 15.1 Å². The van der Waals surface area contributed by atoms with Gasteiger partial charge < -0.3 is 15.1 Å². The molecule has 0 aromatic carbocycles. The van der Waals surface area contributed by atoms with Gasteiger partial charge in [0.1, 0.15) is 0 Å². The van der Waals surface area contributed by atoms with Gasteiger partial charge in [0.25, 0.3) is 5.91 Å². The number of carbonyl (C=O) groups is 1. The highest BCUT2D eigenvalue weighted by Crippen LogP contribution is 2.01. The Morgan fingerprint density at radius 1 is 1.24 bits per heavy atom. The average molecular weight is 237 g/mol. The summed E-state index contributed by atoms with van der Waals surface area (Å²) in [4.78, 5) is 16.0. The van der Waals surface area contributed by atoms with Gasteiger partial charge in [0, 0.05) is 32.7 Å². The van der Waals surface area contributed by atoms with E-state index in [0.29, 0.717) is 0 Å². The van der Waals surface area contributed by atoms with E-state index in [4.69, 9.17) is 0 Å². The highest BCUT2D eigenvalue weighted by atomic mass is 16.1. The first-order valence-electron chi connectivity index (χ1n) is 6.41. The zero-order chi connectivity index (χ0) is 12.5. The Morgan fingerprint density at radius 3 is 2.47 bits per heavy atom. The second-order valence-electron chi connectivity index (χ2n) is 4.26. The lowest BCUT2D eigenvalue weighted by atomic mass is 10.3. The van der Waals surface area contributed by atoms with Gasteiger partial charge in [-0.25, -0.2) is 0 Å². The molecule has 0 unspecified atom stereocenters. The van der Waals surface area contributed by atoms with Crippen molar-refractivity contribution in [2.75, 3.05) is 45.8 Å². The monoisotopic (exact) mass is 237 g/mol. The number of likely N-dealkylation sites (N-methyl/N-ethyl adjacent to an activating group) is 1. The van der Waals surface area contributed by atoms with Crippen LogP contribution in [-0.2, 0) is 4.79 Å². The molecule has 1 rings (SSSR count). The fraction of sp³-hybridized carbons (Fsp3) is 0.769. The highest BCUT2D eigenvalue weighted by Gasteiger charge is 2.14. The Hall–Kier alpha value is -1.05. The lowest BCUT2D eigenvalue weighted by molar-refractivity contribution is -0.115. The molecule has 0 atom stereocenters. The van der Waals surface area contributed by atoms with E-state index in [1.807, 2.05) is 0 Å². The minimum Gasteiger partial charge on any atom is -0.345 e. The molecule has 1 aliphatic rings. The van der Waals surface area contributed by atoms with Crippen LogP contribution in [-0.4, -0.2) is 61.5 Å². The normalized spacial score (nSPS) is 17.3. The number of amides is 1. The zero-order valence-electron chi connectivity index (χ0n) is 11.0. The molecule has 0 spiro atoms. The second kappa shape index (κ2) is 8.10. The first-order valence-corrected chi connectivity index (χ1v) is 6.41. The number of rotatable bonds is 5. The Balaban J connectivity index is 2.03. The van der Waals surface area contributed by atoms with Crippen LogP contribution in [0.3, 0.4) is 0 Å². The maximum Gasteiger partial charge on any atom is 0.295 e. The van der Waals surface area contributed by atoms with Crippen molar-refractivity contribution >= 4 is 5.91 Å². The molecule has 4 heteroatoms. The maximum absolute atomic E-state index is 11.1. The van der Waals surface area contributed by atoms with Crippen LogP contribution >= 0.6 is 0 Å². The van der Waals surface area contributed by atoms with Crippen LogP contribution in [0.25, 0.3) is 0 Å². The predicted molar refractivity (Wildman–Crippen MR) is 69.6 cm³/mol. The van der Waals surface area contributed by atoms with Gasteiger partial charge in [-0.1, -0.05) is 12.8 Å². The van der Waals surface area contributed by atoms with E-state index in [2.05, 4.69) is 33.9 Å². The number of carbonyl (C=O) groups excluding carboxylic acids is 1. The largest absolute Gasteiger partial charge is 0.345 e. The molecule has 1 saturated heterocycles. The molecular formula is C13H23N3O. The molecule has 0 bridgehead atoms. The van der Waals surface area contributed by atoms with Crippen molar-refractivity contribution < 1.29 is 4.79 Å². The van der Waals surface area contributed by atoms with Gasteiger partial charge in [-0.05, 0) is 32.4 Å². The first kappa shape index (κ1) is 14.0. The number of hydrogen-bond donors (Lipinski definition) is 1. The predicted octanol–water partition coefficient (Wildman–Crippen LogP) is 0.154. The van der Waals surface area contributed by atoms with E-state index in [9.17, 15) is 4.79 Å². The maximum atomic E-state index is 11.1. The Kier molecular flexibility index (Phi) is 6.68. The smallest absolute Gasteiger partial charge is 0.295 e. The fourth-order valence-electron chi connectivity index (χ4n) is 1.99. The third-order valence-corrected chi connectivity index (χ3v) is 3.09. The highest BCUT2D eigenvalue weighted by molar-refractivity contribution is 5.93. The van der Waals surface area contributed by atoms with E-state index in [1.165, 1.54) is 13.1 Å². The molecule has 4 nitrogen and oxygen atoms in total. The van der Waals surface area contributed by atoms with Gasteiger partial charge in [-0.2, -0.15) is 0 Å². The molecule has 1 fully saturated rings. The summed E-state index contributed by atoms with van der Waals surface area (Å²) < 4.78 is 0. The summed E-state index contributed by atoms with van der Waals surface area (Å²) >= 11 is 0. The summed E-state index contributed by atoms with van der Waals surface area (Å²) in [7, 11) is 0. The fourth-order valence-corrected chi connectivity index (χ4v) is 1.99. The molecule has 0 aliphatic carbocycles. The summed E-state index contributed by atoms with van der Waals surface area (Å²) in [6.07, 6.45) is 1.00. The molecule has 0 aromatic rings. The molecule has 0 radical (unpaired) electrons. The van der Waals surface area contributed by atoms with Crippen LogP contribution in [0.2, 0.25) is 0 Å². The van der Waals surface area contributed by atoms with Crippen molar-refractivity contribution in [3.8, 4) is 11.8 Å². The van der Waals surface area contributed by atoms with Gasteiger partial charge in [0.2, 0.25) is 0 Å². The second-order valence-corrected chi connectivity index (χ2v) is 4.26. The molecular weight excluding hydrogens is 214 g/mol. The van der Waals surface area contributed by atoms with Crippen LogP contribution in [0.15, 0.2) is 0 Å². The third kappa shape index (κ3) is 5.71. The van der Waals surface area contributed by atoms with Crippen LogP contribution in [0, 0.1) is 11.8 Å². The van der Waals surface area contributed by atoms with Gasteiger partial charge >= 0.3 is 0 Å². The summed E-state index contributed by atoms with van der Waals surface area (Å²) in [5.41, 5.74) is 0. The van der Waals surface area contributed by atoms with E-state index in [1.54, 1.807) is 6.92 Å². The van der Waals surface area contributed by atoms with Crippen molar-refractivity contribution in [2.45, 2.75) is 20.3 Å². The molecule has 96 valence electrons. The Labute approximate surface area is 104 Å². The van der Waals surface area contributed by atoms with Crippen LogP contribution < -0.4 is 5.32 Å². The summed E-state index contributed by atoms with van der Waals surface area (Å²) in [5, 5.41) is 2.79. The van der Waals surface area contributed by atoms with Gasteiger partial charge in [0.15, 0.2) is 0 Å². The van der Waals surface area contributed by atoms with Crippen LogP contribution in [0.5, 0.6) is 0 Å².